The predicted molar refractivity (Wildman–Crippen MR) is 80.5 cm³/mol. The normalized spacial score (nSPS) is 12.2. The van der Waals surface area contributed by atoms with Gasteiger partial charge >= 0.3 is 0 Å². The molecule has 0 saturated heterocycles. The molecule has 0 saturated carbocycles. The third-order valence-electron chi connectivity index (χ3n) is 2.95. The van der Waals surface area contributed by atoms with Gasteiger partial charge in [0.2, 0.25) is 0 Å². The molecule has 0 radical (unpaired) electrons. The molecule has 0 spiro atoms. The SMILES string of the molecule is COC(C(=O)c1cncc(OC(C)C)c1)c1ccccc1. The van der Waals surface area contributed by atoms with Crippen molar-refractivity contribution in [3.8, 4) is 5.75 Å². The molecule has 0 aliphatic heterocycles. The Morgan fingerprint density at radius 3 is 2.48 bits per heavy atom. The second-order valence-corrected chi connectivity index (χ2v) is 4.97. The molecule has 0 N–H and O–H groups in total. The molecule has 0 aliphatic carbocycles. The Labute approximate surface area is 124 Å². The Balaban J connectivity index is 2.26. The average molecular weight is 285 g/mol. The fourth-order valence-electron chi connectivity index (χ4n) is 2.06. The predicted octanol–water partition coefficient (Wildman–Crippen LogP) is 3.44. The van der Waals surface area contributed by atoms with Crippen LogP contribution in [0.1, 0.15) is 35.9 Å². The number of aromatic nitrogens is 1. The third kappa shape index (κ3) is 3.89. The van der Waals surface area contributed by atoms with Gasteiger partial charge in [0.05, 0.1) is 12.3 Å². The molecule has 1 unspecified atom stereocenters. The Morgan fingerprint density at radius 1 is 1.14 bits per heavy atom. The van der Waals surface area contributed by atoms with Crippen molar-refractivity contribution >= 4 is 5.78 Å². The first-order valence-corrected chi connectivity index (χ1v) is 6.85. The van der Waals surface area contributed by atoms with Crippen LogP contribution in [-0.2, 0) is 4.74 Å². The molecule has 4 heteroatoms. The zero-order chi connectivity index (χ0) is 15.2. The van der Waals surface area contributed by atoms with Gasteiger partial charge in [-0.2, -0.15) is 0 Å². The second-order valence-electron chi connectivity index (χ2n) is 4.97. The van der Waals surface area contributed by atoms with Crippen molar-refractivity contribution in [2.75, 3.05) is 7.11 Å². The van der Waals surface area contributed by atoms with Crippen LogP contribution < -0.4 is 4.74 Å². The monoisotopic (exact) mass is 285 g/mol. The molecule has 1 aromatic heterocycles. The minimum atomic E-state index is -0.637. The highest BCUT2D eigenvalue weighted by Crippen LogP contribution is 2.23. The number of hydrogen-bond acceptors (Lipinski definition) is 4. The van der Waals surface area contributed by atoms with Crippen molar-refractivity contribution in [2.45, 2.75) is 26.1 Å². The van der Waals surface area contributed by atoms with Gasteiger partial charge < -0.3 is 9.47 Å². The van der Waals surface area contributed by atoms with Crippen LogP contribution in [0.2, 0.25) is 0 Å². The van der Waals surface area contributed by atoms with E-state index in [0.717, 1.165) is 5.56 Å². The van der Waals surface area contributed by atoms with Crippen LogP contribution in [0.3, 0.4) is 0 Å². The van der Waals surface area contributed by atoms with Crippen molar-refractivity contribution in [1.29, 1.82) is 0 Å². The van der Waals surface area contributed by atoms with E-state index in [0.29, 0.717) is 11.3 Å². The van der Waals surface area contributed by atoms with E-state index < -0.39 is 6.10 Å². The van der Waals surface area contributed by atoms with E-state index in [1.165, 1.54) is 13.3 Å². The summed E-state index contributed by atoms with van der Waals surface area (Å²) in [5, 5.41) is 0. The molecule has 110 valence electrons. The topological polar surface area (TPSA) is 48.4 Å². The largest absolute Gasteiger partial charge is 0.489 e. The fourth-order valence-corrected chi connectivity index (χ4v) is 2.06. The maximum absolute atomic E-state index is 12.6. The van der Waals surface area contributed by atoms with Gasteiger partial charge in [0, 0.05) is 18.9 Å². The van der Waals surface area contributed by atoms with E-state index in [1.807, 2.05) is 44.2 Å². The van der Waals surface area contributed by atoms with Crippen molar-refractivity contribution in [3.63, 3.8) is 0 Å². The molecule has 1 atom stereocenters. The van der Waals surface area contributed by atoms with E-state index in [-0.39, 0.29) is 11.9 Å². The zero-order valence-electron chi connectivity index (χ0n) is 12.4. The first-order valence-electron chi connectivity index (χ1n) is 6.85. The first-order chi connectivity index (χ1) is 10.1. The second kappa shape index (κ2) is 6.99. The van der Waals surface area contributed by atoms with Gasteiger partial charge in [-0.3, -0.25) is 9.78 Å². The summed E-state index contributed by atoms with van der Waals surface area (Å²) in [5.41, 5.74) is 1.30. The molecule has 2 rings (SSSR count). The van der Waals surface area contributed by atoms with E-state index in [2.05, 4.69) is 4.98 Å². The average Bonchev–Trinajstić information content (AvgIpc) is 2.48. The molecule has 1 heterocycles. The highest BCUT2D eigenvalue weighted by molar-refractivity contribution is 6.00. The zero-order valence-corrected chi connectivity index (χ0v) is 12.4. The van der Waals surface area contributed by atoms with Crippen LogP contribution in [0.5, 0.6) is 5.75 Å². The summed E-state index contributed by atoms with van der Waals surface area (Å²) in [4.78, 5) is 16.7. The molecular weight excluding hydrogens is 266 g/mol. The molecular formula is C17H19NO3. The van der Waals surface area contributed by atoms with Gasteiger partial charge in [-0.15, -0.1) is 0 Å². The van der Waals surface area contributed by atoms with Gasteiger partial charge in [-0.1, -0.05) is 30.3 Å². The molecule has 0 bridgehead atoms. The number of methoxy groups -OCH3 is 1. The Bertz CT molecular complexity index is 596. The van der Waals surface area contributed by atoms with Gasteiger partial charge in [-0.05, 0) is 25.5 Å². The number of pyridine rings is 1. The molecule has 4 nitrogen and oxygen atoms in total. The van der Waals surface area contributed by atoms with Crippen LogP contribution in [0, 0.1) is 0 Å². The minimum Gasteiger partial charge on any atom is -0.489 e. The number of ether oxygens (including phenoxy) is 2. The lowest BCUT2D eigenvalue weighted by Gasteiger charge is -2.15. The minimum absolute atomic E-state index is 0.0319. The van der Waals surface area contributed by atoms with E-state index >= 15 is 0 Å². The Morgan fingerprint density at radius 2 is 1.86 bits per heavy atom. The number of carbonyl (C=O) groups is 1. The lowest BCUT2D eigenvalue weighted by Crippen LogP contribution is -2.15. The van der Waals surface area contributed by atoms with E-state index in [9.17, 15) is 4.79 Å². The molecule has 21 heavy (non-hydrogen) atoms. The van der Waals surface area contributed by atoms with E-state index in [1.54, 1.807) is 12.3 Å². The number of benzene rings is 1. The van der Waals surface area contributed by atoms with Crippen LogP contribution in [0.15, 0.2) is 48.8 Å². The lowest BCUT2D eigenvalue weighted by molar-refractivity contribution is 0.0603. The van der Waals surface area contributed by atoms with Crippen molar-refractivity contribution in [2.24, 2.45) is 0 Å². The Hall–Kier alpha value is -2.20. The molecule has 0 aliphatic rings. The summed E-state index contributed by atoms with van der Waals surface area (Å²) in [6.45, 7) is 3.85. The molecule has 0 fully saturated rings. The number of hydrogen-bond donors (Lipinski definition) is 0. The number of rotatable bonds is 6. The van der Waals surface area contributed by atoms with Crippen LogP contribution in [-0.4, -0.2) is 24.0 Å². The summed E-state index contributed by atoms with van der Waals surface area (Å²) in [7, 11) is 1.53. The molecule has 2 aromatic rings. The van der Waals surface area contributed by atoms with Gasteiger partial charge in [0.15, 0.2) is 5.78 Å². The summed E-state index contributed by atoms with van der Waals surface area (Å²) < 4.78 is 10.9. The standard InChI is InChI=1S/C17H19NO3/c1-12(2)21-15-9-14(10-18-11-15)16(19)17(20-3)13-7-5-4-6-8-13/h4-12,17H,1-3H3. The van der Waals surface area contributed by atoms with E-state index in [4.69, 9.17) is 9.47 Å². The van der Waals surface area contributed by atoms with Crippen LogP contribution >= 0.6 is 0 Å². The fraction of sp³-hybridized carbons (Fsp3) is 0.294. The first kappa shape index (κ1) is 15.2. The van der Waals surface area contributed by atoms with Crippen molar-refractivity contribution in [1.82, 2.24) is 4.98 Å². The quantitative estimate of drug-likeness (QED) is 0.763. The maximum atomic E-state index is 12.6. The molecule has 0 amide bonds. The summed E-state index contributed by atoms with van der Waals surface area (Å²) in [5.74, 6) is 0.448. The van der Waals surface area contributed by atoms with Gasteiger partial charge in [-0.25, -0.2) is 0 Å². The lowest BCUT2D eigenvalue weighted by atomic mass is 10.0. The number of Topliss-reactive ketones (excluding diaryl/α,β-unsaturated/α-hetero) is 1. The summed E-state index contributed by atoms with van der Waals surface area (Å²) in [6, 6.07) is 11.1. The number of nitrogens with zero attached hydrogens (tertiary/aromatic N) is 1. The van der Waals surface area contributed by atoms with Crippen LogP contribution in [0.4, 0.5) is 0 Å². The third-order valence-corrected chi connectivity index (χ3v) is 2.95. The van der Waals surface area contributed by atoms with Crippen molar-refractivity contribution in [3.05, 3.63) is 59.9 Å². The number of carbonyl (C=O) groups excluding carboxylic acids is 1. The summed E-state index contributed by atoms with van der Waals surface area (Å²) in [6.07, 6.45) is 2.53. The maximum Gasteiger partial charge on any atom is 0.197 e. The Kier molecular flexibility index (Phi) is 5.06. The smallest absolute Gasteiger partial charge is 0.197 e. The number of ketones is 1. The van der Waals surface area contributed by atoms with Crippen molar-refractivity contribution < 1.29 is 14.3 Å². The highest BCUT2D eigenvalue weighted by atomic mass is 16.5. The van der Waals surface area contributed by atoms with Crippen LogP contribution in [0.25, 0.3) is 0 Å². The van der Waals surface area contributed by atoms with Gasteiger partial charge in [0.25, 0.3) is 0 Å². The molecule has 1 aromatic carbocycles. The highest BCUT2D eigenvalue weighted by Gasteiger charge is 2.22. The van der Waals surface area contributed by atoms with Gasteiger partial charge in [0.1, 0.15) is 11.9 Å². The summed E-state index contributed by atoms with van der Waals surface area (Å²) >= 11 is 0.